The fraction of sp³-hybridized carbons (Fsp3) is 0.630. The Kier molecular flexibility index (Phi) is 8.06. The lowest BCUT2D eigenvalue weighted by Gasteiger charge is -2.50. The number of carbonyl (C=O) groups excluding carboxylic acids is 4. The summed E-state index contributed by atoms with van der Waals surface area (Å²) in [6.07, 6.45) is 1.74. The second kappa shape index (κ2) is 11.1. The van der Waals surface area contributed by atoms with Crippen molar-refractivity contribution >= 4 is 29.4 Å². The van der Waals surface area contributed by atoms with Crippen LogP contribution < -0.4 is 16.1 Å². The van der Waals surface area contributed by atoms with Crippen LogP contribution in [0.25, 0.3) is 0 Å². The summed E-state index contributed by atoms with van der Waals surface area (Å²) < 4.78 is 0. The molecule has 1 saturated carbocycles. The van der Waals surface area contributed by atoms with Crippen LogP contribution in [-0.4, -0.2) is 70.0 Å². The maximum absolute atomic E-state index is 13.7. The average Bonchev–Trinajstić information content (AvgIpc) is 3.13. The Hall–Kier alpha value is -3.14. The highest BCUT2D eigenvalue weighted by Crippen LogP contribution is 2.40. The highest BCUT2D eigenvalue weighted by atomic mass is 16.2. The summed E-state index contributed by atoms with van der Waals surface area (Å²) in [5.74, 6) is -0.567. The van der Waals surface area contributed by atoms with Crippen molar-refractivity contribution in [2.45, 2.75) is 78.7 Å². The van der Waals surface area contributed by atoms with E-state index in [9.17, 15) is 19.2 Å². The molecule has 0 radical (unpaired) electrons. The molecule has 3 N–H and O–H groups in total. The molecule has 2 saturated heterocycles. The maximum Gasteiger partial charge on any atom is 0.337 e. The van der Waals surface area contributed by atoms with Crippen molar-refractivity contribution in [2.75, 3.05) is 18.4 Å². The number of nitrogens with one attached hydrogen (secondary N) is 3. The first kappa shape index (κ1) is 26.9. The van der Waals surface area contributed by atoms with E-state index in [0.717, 1.165) is 12.0 Å². The van der Waals surface area contributed by atoms with E-state index in [4.69, 9.17) is 0 Å². The van der Waals surface area contributed by atoms with Gasteiger partial charge in [0, 0.05) is 30.2 Å². The number of aryl methyl sites for hydroxylation is 1. The number of carbonyl (C=O) groups is 4. The van der Waals surface area contributed by atoms with Crippen LogP contribution in [0.4, 0.5) is 10.5 Å². The predicted octanol–water partition coefficient (Wildman–Crippen LogP) is 2.66. The predicted molar refractivity (Wildman–Crippen MR) is 140 cm³/mol. The molecule has 1 aromatic carbocycles. The second-order valence-electron chi connectivity index (χ2n) is 11.3. The van der Waals surface area contributed by atoms with E-state index >= 15 is 0 Å². The van der Waals surface area contributed by atoms with Gasteiger partial charge in [-0.25, -0.2) is 9.80 Å². The third-order valence-corrected chi connectivity index (χ3v) is 7.41. The summed E-state index contributed by atoms with van der Waals surface area (Å²) in [6.45, 7) is 10.3. The number of benzene rings is 1. The first-order chi connectivity index (χ1) is 17.5. The summed E-state index contributed by atoms with van der Waals surface area (Å²) >= 11 is 0. The molecule has 4 rings (SSSR count). The SMILES string of the molecule is Cc1cccc(NC(=O)CN2NC3N(CCC(C)C)C(=O)C4CCC(C(=O)NC(C)C)CC4N3C2=O)c1. The van der Waals surface area contributed by atoms with Gasteiger partial charge in [-0.1, -0.05) is 26.0 Å². The number of nitrogens with zero attached hydrogens (tertiary/aromatic N) is 3. The van der Waals surface area contributed by atoms with Gasteiger partial charge in [0.05, 0.1) is 5.92 Å². The number of rotatable bonds is 8. The lowest BCUT2D eigenvalue weighted by atomic mass is 9.75. The van der Waals surface area contributed by atoms with E-state index in [1.54, 1.807) is 15.9 Å². The molecule has 3 fully saturated rings. The van der Waals surface area contributed by atoms with Crippen LogP contribution in [-0.2, 0) is 14.4 Å². The van der Waals surface area contributed by atoms with Crippen LogP contribution in [0.1, 0.15) is 58.9 Å². The zero-order chi connectivity index (χ0) is 26.9. The van der Waals surface area contributed by atoms with E-state index in [1.807, 2.05) is 39.0 Å². The number of hydrogen-bond acceptors (Lipinski definition) is 5. The van der Waals surface area contributed by atoms with Crippen molar-refractivity contribution in [3.05, 3.63) is 29.8 Å². The molecule has 4 unspecified atom stereocenters. The van der Waals surface area contributed by atoms with E-state index in [0.29, 0.717) is 37.4 Å². The lowest BCUT2D eigenvalue weighted by molar-refractivity contribution is -0.159. The minimum absolute atomic E-state index is 0.0148. The molecule has 0 bridgehead atoms. The van der Waals surface area contributed by atoms with Gasteiger partial charge in [-0.05, 0) is 70.1 Å². The summed E-state index contributed by atoms with van der Waals surface area (Å²) in [6, 6.07) is 6.75. The Labute approximate surface area is 219 Å². The molecule has 2 aliphatic heterocycles. The van der Waals surface area contributed by atoms with Crippen LogP contribution in [0.2, 0.25) is 0 Å². The summed E-state index contributed by atoms with van der Waals surface area (Å²) in [7, 11) is 0. The first-order valence-corrected chi connectivity index (χ1v) is 13.4. The molecule has 1 aromatic rings. The molecule has 37 heavy (non-hydrogen) atoms. The summed E-state index contributed by atoms with van der Waals surface area (Å²) in [5.41, 5.74) is 4.82. The zero-order valence-electron chi connectivity index (χ0n) is 22.5. The van der Waals surface area contributed by atoms with E-state index in [1.165, 1.54) is 5.01 Å². The Morgan fingerprint density at radius 2 is 1.89 bits per heavy atom. The zero-order valence-corrected chi connectivity index (χ0v) is 22.5. The van der Waals surface area contributed by atoms with Gasteiger partial charge in [-0.2, -0.15) is 5.43 Å². The summed E-state index contributed by atoms with van der Waals surface area (Å²) in [4.78, 5) is 56.3. The van der Waals surface area contributed by atoms with Crippen LogP contribution >= 0.6 is 0 Å². The smallest absolute Gasteiger partial charge is 0.337 e. The Bertz CT molecular complexity index is 1040. The fourth-order valence-electron chi connectivity index (χ4n) is 5.57. The van der Waals surface area contributed by atoms with Gasteiger partial charge in [-0.15, -0.1) is 0 Å². The van der Waals surface area contributed by atoms with E-state index < -0.39 is 12.3 Å². The Morgan fingerprint density at radius 3 is 2.57 bits per heavy atom. The van der Waals surface area contributed by atoms with Crippen LogP contribution in [0.3, 0.4) is 0 Å². The quantitative estimate of drug-likeness (QED) is 0.496. The molecule has 2 heterocycles. The Balaban J connectivity index is 1.54. The molecule has 1 aliphatic carbocycles. The number of anilines is 1. The van der Waals surface area contributed by atoms with Crippen LogP contribution in [0, 0.1) is 24.7 Å². The fourth-order valence-corrected chi connectivity index (χ4v) is 5.57. The van der Waals surface area contributed by atoms with Gasteiger partial charge in [0.2, 0.25) is 17.7 Å². The standard InChI is InChI=1S/C27H40N6O4/c1-16(2)11-12-31-25(36)21-10-9-19(24(35)28-17(3)4)14-22(21)33-26(31)30-32(27(33)37)15-23(34)29-20-8-6-7-18(5)13-20/h6-8,13,16-17,19,21-22,26,30H,9-12,14-15H2,1-5H3,(H,28,35)(H,29,34). The van der Waals surface area contributed by atoms with Gasteiger partial charge in [0.25, 0.3) is 0 Å². The van der Waals surface area contributed by atoms with Gasteiger partial charge < -0.3 is 15.5 Å². The number of hydrogen-bond donors (Lipinski definition) is 3. The Morgan fingerprint density at radius 1 is 1.14 bits per heavy atom. The van der Waals surface area contributed by atoms with Gasteiger partial charge in [0.1, 0.15) is 6.54 Å². The maximum atomic E-state index is 13.7. The third-order valence-electron chi connectivity index (χ3n) is 7.41. The monoisotopic (exact) mass is 512 g/mol. The molecule has 10 heteroatoms. The molecular formula is C27H40N6O4. The number of amides is 5. The van der Waals surface area contributed by atoms with Crippen LogP contribution in [0.15, 0.2) is 24.3 Å². The molecule has 0 aromatic heterocycles. The first-order valence-electron chi connectivity index (χ1n) is 13.4. The molecular weight excluding hydrogens is 472 g/mol. The molecule has 10 nitrogen and oxygen atoms in total. The molecule has 0 spiro atoms. The van der Waals surface area contributed by atoms with Crippen molar-refractivity contribution in [1.29, 1.82) is 0 Å². The van der Waals surface area contributed by atoms with E-state index in [2.05, 4.69) is 29.9 Å². The summed E-state index contributed by atoms with van der Waals surface area (Å²) in [5, 5.41) is 7.12. The van der Waals surface area contributed by atoms with Crippen molar-refractivity contribution in [1.82, 2.24) is 25.6 Å². The van der Waals surface area contributed by atoms with Crippen molar-refractivity contribution in [2.24, 2.45) is 17.8 Å². The minimum atomic E-state index is -0.668. The van der Waals surface area contributed by atoms with Crippen molar-refractivity contribution in [3.8, 4) is 0 Å². The topological polar surface area (TPSA) is 114 Å². The molecule has 3 aliphatic rings. The lowest BCUT2D eigenvalue weighted by Crippen LogP contribution is -2.67. The normalized spacial score (nSPS) is 25.4. The minimum Gasteiger partial charge on any atom is -0.354 e. The number of hydrazine groups is 1. The highest BCUT2D eigenvalue weighted by molar-refractivity contribution is 5.95. The van der Waals surface area contributed by atoms with Crippen molar-refractivity contribution in [3.63, 3.8) is 0 Å². The van der Waals surface area contributed by atoms with Gasteiger partial charge in [-0.3, -0.25) is 19.3 Å². The molecule has 5 amide bonds. The van der Waals surface area contributed by atoms with Crippen molar-refractivity contribution < 1.29 is 19.2 Å². The number of urea groups is 1. The van der Waals surface area contributed by atoms with Crippen LogP contribution in [0.5, 0.6) is 0 Å². The van der Waals surface area contributed by atoms with E-state index in [-0.39, 0.29) is 48.2 Å². The van der Waals surface area contributed by atoms with Gasteiger partial charge >= 0.3 is 6.03 Å². The highest BCUT2D eigenvalue weighted by Gasteiger charge is 2.56. The molecule has 202 valence electrons. The average molecular weight is 513 g/mol. The third kappa shape index (κ3) is 5.89. The number of fused-ring (bicyclic) bond motifs is 3. The van der Waals surface area contributed by atoms with Gasteiger partial charge in [0.15, 0.2) is 6.29 Å². The second-order valence-corrected chi connectivity index (χ2v) is 11.3. The molecule has 4 atom stereocenters. The largest absolute Gasteiger partial charge is 0.354 e.